The molecule has 0 aromatic heterocycles. The van der Waals surface area contributed by atoms with Crippen LogP contribution in [0.1, 0.15) is 45.4 Å². The minimum atomic E-state index is -3.12. The van der Waals surface area contributed by atoms with E-state index in [2.05, 4.69) is 5.09 Å². The van der Waals surface area contributed by atoms with Gasteiger partial charge in [-0.05, 0) is 74.4 Å². The molecular weight excluding hydrogens is 257 g/mol. The molecular formula is C12H21ClNO2P. The molecule has 0 amide bonds. The van der Waals surface area contributed by atoms with Crippen LogP contribution in [0.2, 0.25) is 0 Å². The van der Waals surface area contributed by atoms with Crippen molar-refractivity contribution in [3.8, 4) is 0 Å². The Hall–Kier alpha value is 0.440. The molecule has 17 heavy (non-hydrogen) atoms. The van der Waals surface area contributed by atoms with Gasteiger partial charge in [-0.2, -0.15) is 0 Å². The van der Waals surface area contributed by atoms with Crippen LogP contribution in [0.3, 0.4) is 0 Å². The first-order chi connectivity index (χ1) is 8.00. The fourth-order valence-corrected chi connectivity index (χ4v) is 6.80. The van der Waals surface area contributed by atoms with E-state index in [1.54, 1.807) is 0 Å². The zero-order chi connectivity index (χ0) is 12.1. The second kappa shape index (κ2) is 4.23. The van der Waals surface area contributed by atoms with E-state index >= 15 is 0 Å². The second-order valence-corrected chi connectivity index (χ2v) is 8.98. The number of nitrogens with one attached hydrogen (secondary N) is 1. The highest BCUT2D eigenvalue weighted by Gasteiger charge is 2.52. The highest BCUT2D eigenvalue weighted by atomic mass is 35.7. The Morgan fingerprint density at radius 3 is 2.12 bits per heavy atom. The van der Waals surface area contributed by atoms with Crippen LogP contribution in [0.5, 0.6) is 0 Å². The molecule has 1 unspecified atom stereocenters. The van der Waals surface area contributed by atoms with Crippen molar-refractivity contribution in [2.24, 2.45) is 17.8 Å². The third-order valence-corrected chi connectivity index (χ3v) is 6.58. The molecule has 1 N–H and O–H groups in total. The second-order valence-electron chi connectivity index (χ2n) is 6.21. The van der Waals surface area contributed by atoms with E-state index in [0.29, 0.717) is 6.61 Å². The minimum Gasteiger partial charge on any atom is -0.307 e. The molecule has 0 radical (unpaired) electrons. The lowest BCUT2D eigenvalue weighted by molar-refractivity contribution is -0.00970. The standard InChI is InChI=1S/C12H21ClNO2P/c1-2-16-17(13,15)14-12-6-9-3-10(7-12)5-11(4-9)8-12/h9-11H,2-8H2,1H3,(H,14,15). The van der Waals surface area contributed by atoms with Crippen molar-refractivity contribution in [1.82, 2.24) is 5.09 Å². The van der Waals surface area contributed by atoms with Gasteiger partial charge >= 0.3 is 6.87 Å². The van der Waals surface area contributed by atoms with Crippen LogP contribution in [0.4, 0.5) is 0 Å². The van der Waals surface area contributed by atoms with Crippen LogP contribution in [0.15, 0.2) is 0 Å². The van der Waals surface area contributed by atoms with Gasteiger partial charge in [-0.3, -0.25) is 4.57 Å². The molecule has 0 heterocycles. The molecule has 0 spiro atoms. The molecule has 4 aliphatic rings. The summed E-state index contributed by atoms with van der Waals surface area (Å²) in [5.74, 6) is 2.48. The summed E-state index contributed by atoms with van der Waals surface area (Å²) in [5.41, 5.74) is 0.0151. The van der Waals surface area contributed by atoms with E-state index in [1.165, 1.54) is 19.3 Å². The molecule has 3 nitrogen and oxygen atoms in total. The van der Waals surface area contributed by atoms with Gasteiger partial charge in [-0.15, -0.1) is 0 Å². The first-order valence-electron chi connectivity index (χ1n) is 6.74. The highest BCUT2D eigenvalue weighted by Crippen LogP contribution is 2.60. The Balaban J connectivity index is 1.76. The van der Waals surface area contributed by atoms with Gasteiger partial charge in [0.1, 0.15) is 0 Å². The smallest absolute Gasteiger partial charge is 0.307 e. The molecule has 0 aromatic rings. The maximum atomic E-state index is 12.1. The molecule has 0 aromatic carbocycles. The van der Waals surface area contributed by atoms with Gasteiger partial charge in [0.15, 0.2) is 0 Å². The summed E-state index contributed by atoms with van der Waals surface area (Å²) in [6.07, 6.45) is 7.56. The monoisotopic (exact) mass is 277 g/mol. The molecule has 4 rings (SSSR count). The van der Waals surface area contributed by atoms with E-state index in [-0.39, 0.29) is 5.54 Å². The molecule has 0 aliphatic heterocycles. The van der Waals surface area contributed by atoms with Crippen molar-refractivity contribution >= 4 is 18.1 Å². The van der Waals surface area contributed by atoms with Crippen molar-refractivity contribution in [2.45, 2.75) is 51.0 Å². The number of hydrogen-bond donors (Lipinski definition) is 1. The first-order valence-corrected chi connectivity index (χ1v) is 9.27. The van der Waals surface area contributed by atoms with Crippen molar-refractivity contribution in [3.05, 3.63) is 0 Å². The van der Waals surface area contributed by atoms with Crippen LogP contribution in [0, 0.1) is 17.8 Å². The van der Waals surface area contributed by atoms with E-state index < -0.39 is 6.87 Å². The maximum Gasteiger partial charge on any atom is 0.360 e. The summed E-state index contributed by atoms with van der Waals surface area (Å²) in [4.78, 5) is 0. The summed E-state index contributed by atoms with van der Waals surface area (Å²) in [6.45, 7) is -0.887. The Morgan fingerprint density at radius 2 is 1.71 bits per heavy atom. The lowest BCUT2D eigenvalue weighted by atomic mass is 9.53. The zero-order valence-corrected chi connectivity index (χ0v) is 12.0. The van der Waals surface area contributed by atoms with Gasteiger partial charge < -0.3 is 4.52 Å². The summed E-state index contributed by atoms with van der Waals surface area (Å²) in [6, 6.07) is 0. The molecule has 4 saturated carbocycles. The molecule has 0 saturated heterocycles. The minimum absolute atomic E-state index is 0.0151. The lowest BCUT2D eigenvalue weighted by Crippen LogP contribution is -2.57. The van der Waals surface area contributed by atoms with Crippen molar-refractivity contribution < 1.29 is 9.09 Å². The Bertz CT molecular complexity index is 325. The van der Waals surface area contributed by atoms with Gasteiger partial charge in [0.05, 0.1) is 6.61 Å². The van der Waals surface area contributed by atoms with Crippen molar-refractivity contribution in [1.29, 1.82) is 0 Å². The van der Waals surface area contributed by atoms with Crippen molar-refractivity contribution in [3.63, 3.8) is 0 Å². The summed E-state index contributed by atoms with van der Waals surface area (Å²) in [5, 5.41) is 3.20. The normalized spacial score (nSPS) is 47.1. The Labute approximate surface area is 108 Å². The molecule has 98 valence electrons. The van der Waals surface area contributed by atoms with Gasteiger partial charge in [0.25, 0.3) is 0 Å². The van der Waals surface area contributed by atoms with Crippen LogP contribution in [0.25, 0.3) is 0 Å². The van der Waals surface area contributed by atoms with E-state index in [1.807, 2.05) is 6.92 Å². The zero-order valence-electron chi connectivity index (χ0n) is 10.3. The number of rotatable bonds is 4. The topological polar surface area (TPSA) is 38.3 Å². The number of hydrogen-bond acceptors (Lipinski definition) is 2. The first kappa shape index (κ1) is 12.5. The molecule has 4 bridgehead atoms. The quantitative estimate of drug-likeness (QED) is 0.791. The van der Waals surface area contributed by atoms with Crippen LogP contribution < -0.4 is 5.09 Å². The largest absolute Gasteiger partial charge is 0.360 e. The molecule has 4 aliphatic carbocycles. The summed E-state index contributed by atoms with van der Waals surface area (Å²) >= 11 is 5.99. The van der Waals surface area contributed by atoms with Crippen LogP contribution in [-0.2, 0) is 9.09 Å². The predicted octanol–water partition coefficient (Wildman–Crippen LogP) is 3.93. The van der Waals surface area contributed by atoms with E-state index in [9.17, 15) is 4.57 Å². The van der Waals surface area contributed by atoms with E-state index in [0.717, 1.165) is 37.0 Å². The predicted molar refractivity (Wildman–Crippen MR) is 69.1 cm³/mol. The van der Waals surface area contributed by atoms with Gasteiger partial charge in [-0.25, -0.2) is 5.09 Å². The average Bonchev–Trinajstić information content (AvgIpc) is 2.11. The fraction of sp³-hybridized carbons (Fsp3) is 1.00. The molecule has 1 atom stereocenters. The third-order valence-electron chi connectivity index (χ3n) is 4.70. The van der Waals surface area contributed by atoms with E-state index in [4.69, 9.17) is 15.8 Å². The Kier molecular flexibility index (Phi) is 3.10. The summed E-state index contributed by atoms with van der Waals surface area (Å²) in [7, 11) is 0. The maximum absolute atomic E-state index is 12.1. The summed E-state index contributed by atoms with van der Waals surface area (Å²) < 4.78 is 17.3. The van der Waals surface area contributed by atoms with Gasteiger partial charge in [-0.1, -0.05) is 0 Å². The molecule has 5 heteroatoms. The lowest BCUT2D eigenvalue weighted by Gasteiger charge is -2.57. The Morgan fingerprint density at radius 1 is 1.24 bits per heavy atom. The van der Waals surface area contributed by atoms with Gasteiger partial charge in [0, 0.05) is 5.54 Å². The molecule has 4 fully saturated rings. The fourth-order valence-electron chi connectivity index (χ4n) is 4.73. The SMILES string of the molecule is CCOP(=O)(Cl)NC12CC3CC(CC(C3)C1)C2. The number of halogens is 1. The third kappa shape index (κ3) is 2.45. The average molecular weight is 278 g/mol. The van der Waals surface area contributed by atoms with Gasteiger partial charge in [0.2, 0.25) is 0 Å². The highest BCUT2D eigenvalue weighted by molar-refractivity contribution is 7.83. The van der Waals surface area contributed by atoms with Crippen LogP contribution in [-0.4, -0.2) is 12.1 Å². The van der Waals surface area contributed by atoms with Crippen LogP contribution >= 0.6 is 18.1 Å². The van der Waals surface area contributed by atoms with Crippen molar-refractivity contribution in [2.75, 3.05) is 6.61 Å².